The number of hydrogen-bond acceptors (Lipinski definition) is 3. The Hall–Kier alpha value is -1.88. The van der Waals surface area contributed by atoms with E-state index in [2.05, 4.69) is 0 Å². The number of ether oxygens (including phenoxy) is 1. The summed E-state index contributed by atoms with van der Waals surface area (Å²) in [6, 6.07) is 7.98. The van der Waals surface area contributed by atoms with E-state index in [9.17, 15) is 9.59 Å². The summed E-state index contributed by atoms with van der Waals surface area (Å²) in [5.74, 6) is 0.0631. The topological polar surface area (TPSA) is 49.9 Å². The molecule has 0 radical (unpaired) electrons. The third-order valence-electron chi connectivity index (χ3n) is 5.33. The van der Waals surface area contributed by atoms with Gasteiger partial charge in [-0.3, -0.25) is 9.59 Å². The SMILES string of the molecule is Cc1ccc([C@@H]2[C@H](C(=O)N3C[C@@H](C)O[C@H](C)C3)CCC(=O)N2C)cc1. The molecule has 5 nitrogen and oxygen atoms in total. The van der Waals surface area contributed by atoms with Gasteiger partial charge < -0.3 is 14.5 Å². The summed E-state index contributed by atoms with van der Waals surface area (Å²) in [6.45, 7) is 7.29. The Morgan fingerprint density at radius 2 is 1.72 bits per heavy atom. The monoisotopic (exact) mass is 344 g/mol. The van der Waals surface area contributed by atoms with Gasteiger partial charge in [-0.15, -0.1) is 0 Å². The Bertz CT molecular complexity index is 633. The third kappa shape index (κ3) is 3.71. The van der Waals surface area contributed by atoms with E-state index in [1.807, 2.05) is 57.0 Å². The molecule has 0 N–H and O–H groups in total. The van der Waals surface area contributed by atoms with Crippen LogP contribution < -0.4 is 0 Å². The Balaban J connectivity index is 1.87. The highest BCUT2D eigenvalue weighted by atomic mass is 16.5. The first-order valence-electron chi connectivity index (χ1n) is 9.13. The van der Waals surface area contributed by atoms with Crippen LogP contribution in [0.2, 0.25) is 0 Å². The van der Waals surface area contributed by atoms with E-state index in [1.165, 1.54) is 5.56 Å². The van der Waals surface area contributed by atoms with Crippen LogP contribution in [0.1, 0.15) is 43.9 Å². The minimum absolute atomic E-state index is 0.0495. The number of benzene rings is 1. The first-order chi connectivity index (χ1) is 11.9. The predicted molar refractivity (Wildman–Crippen MR) is 96.0 cm³/mol. The number of hydrogen-bond donors (Lipinski definition) is 0. The number of carbonyl (C=O) groups excluding carboxylic acids is 2. The zero-order valence-electron chi connectivity index (χ0n) is 15.6. The standard InChI is InChI=1S/C20H28N2O3/c1-13-5-7-16(8-6-13)19-17(9-10-18(23)21(19)4)20(24)22-11-14(2)25-15(3)12-22/h5-8,14-15,17,19H,9-12H2,1-4H3/t14-,15-,17-,19-/m1/s1. The van der Waals surface area contributed by atoms with Crippen LogP contribution >= 0.6 is 0 Å². The van der Waals surface area contributed by atoms with Crippen LogP contribution in [0.5, 0.6) is 0 Å². The lowest BCUT2D eigenvalue weighted by Crippen LogP contribution is -2.53. The molecule has 0 spiro atoms. The van der Waals surface area contributed by atoms with Gasteiger partial charge in [-0.2, -0.15) is 0 Å². The quantitative estimate of drug-likeness (QED) is 0.828. The molecule has 5 heteroatoms. The van der Waals surface area contributed by atoms with Crippen molar-refractivity contribution in [2.45, 2.75) is 51.9 Å². The average Bonchev–Trinajstić information content (AvgIpc) is 2.57. The maximum absolute atomic E-state index is 13.3. The van der Waals surface area contributed by atoms with Crippen LogP contribution in [-0.4, -0.2) is 54.0 Å². The summed E-state index contributed by atoms with van der Waals surface area (Å²) in [6.07, 6.45) is 1.15. The fraction of sp³-hybridized carbons (Fsp3) is 0.600. The first kappa shape index (κ1) is 17.9. The summed E-state index contributed by atoms with van der Waals surface area (Å²) in [5.41, 5.74) is 2.21. The van der Waals surface area contributed by atoms with Gasteiger partial charge in [-0.05, 0) is 32.8 Å². The summed E-state index contributed by atoms with van der Waals surface area (Å²) in [4.78, 5) is 29.2. The molecule has 0 aliphatic carbocycles. The Morgan fingerprint density at radius 1 is 1.12 bits per heavy atom. The van der Waals surface area contributed by atoms with Gasteiger partial charge in [0.05, 0.1) is 24.2 Å². The first-order valence-corrected chi connectivity index (χ1v) is 9.13. The molecule has 25 heavy (non-hydrogen) atoms. The molecule has 1 aromatic carbocycles. The van der Waals surface area contributed by atoms with Crippen molar-refractivity contribution in [2.75, 3.05) is 20.1 Å². The number of carbonyl (C=O) groups is 2. The molecule has 0 unspecified atom stereocenters. The summed E-state index contributed by atoms with van der Waals surface area (Å²) in [5, 5.41) is 0. The van der Waals surface area contributed by atoms with Crippen molar-refractivity contribution in [1.82, 2.24) is 9.80 Å². The fourth-order valence-corrected chi connectivity index (χ4v) is 4.11. The molecule has 2 aliphatic rings. The molecule has 2 saturated heterocycles. The maximum Gasteiger partial charge on any atom is 0.228 e. The molecule has 2 fully saturated rings. The van der Waals surface area contributed by atoms with Gasteiger partial charge in [0.25, 0.3) is 0 Å². The Kier molecular flexibility index (Phi) is 5.13. The van der Waals surface area contributed by atoms with E-state index in [-0.39, 0.29) is 36.0 Å². The highest BCUT2D eigenvalue weighted by Crippen LogP contribution is 2.37. The lowest BCUT2D eigenvalue weighted by Gasteiger charge is -2.43. The van der Waals surface area contributed by atoms with Crippen LogP contribution in [-0.2, 0) is 14.3 Å². The van der Waals surface area contributed by atoms with Crippen molar-refractivity contribution in [3.8, 4) is 0 Å². The number of nitrogens with zero attached hydrogens (tertiary/aromatic N) is 2. The lowest BCUT2D eigenvalue weighted by molar-refractivity contribution is -0.154. The highest BCUT2D eigenvalue weighted by molar-refractivity contribution is 5.85. The number of morpholine rings is 1. The second kappa shape index (κ2) is 7.16. The number of piperidine rings is 1. The summed E-state index contributed by atoms with van der Waals surface area (Å²) in [7, 11) is 1.82. The molecule has 2 heterocycles. The van der Waals surface area contributed by atoms with Gasteiger partial charge in [0, 0.05) is 26.6 Å². The smallest absolute Gasteiger partial charge is 0.228 e. The molecule has 3 rings (SSSR count). The maximum atomic E-state index is 13.3. The Labute approximate surface area is 149 Å². The van der Waals surface area contributed by atoms with Crippen LogP contribution in [0.25, 0.3) is 0 Å². The minimum Gasteiger partial charge on any atom is -0.372 e. The fourth-order valence-electron chi connectivity index (χ4n) is 4.11. The van der Waals surface area contributed by atoms with E-state index in [1.54, 1.807) is 4.90 Å². The molecular formula is C20H28N2O3. The molecule has 0 aromatic heterocycles. The van der Waals surface area contributed by atoms with Crippen molar-refractivity contribution in [3.05, 3.63) is 35.4 Å². The van der Waals surface area contributed by atoms with E-state index in [0.29, 0.717) is 25.9 Å². The third-order valence-corrected chi connectivity index (χ3v) is 5.33. The summed E-state index contributed by atoms with van der Waals surface area (Å²) < 4.78 is 5.76. The molecule has 0 bridgehead atoms. The number of aryl methyl sites for hydroxylation is 1. The average molecular weight is 344 g/mol. The second-order valence-corrected chi connectivity index (χ2v) is 7.51. The van der Waals surface area contributed by atoms with Gasteiger partial charge in [0.15, 0.2) is 0 Å². The van der Waals surface area contributed by atoms with Crippen molar-refractivity contribution >= 4 is 11.8 Å². The van der Waals surface area contributed by atoms with Gasteiger partial charge in [0.2, 0.25) is 11.8 Å². The second-order valence-electron chi connectivity index (χ2n) is 7.51. The summed E-state index contributed by atoms with van der Waals surface area (Å²) >= 11 is 0. The molecular weight excluding hydrogens is 316 g/mol. The zero-order chi connectivity index (χ0) is 18.1. The molecule has 4 atom stereocenters. The predicted octanol–water partition coefficient (Wildman–Crippen LogP) is 2.54. The van der Waals surface area contributed by atoms with Crippen LogP contribution in [0, 0.1) is 12.8 Å². The van der Waals surface area contributed by atoms with Crippen molar-refractivity contribution in [2.24, 2.45) is 5.92 Å². The van der Waals surface area contributed by atoms with Gasteiger partial charge >= 0.3 is 0 Å². The highest BCUT2D eigenvalue weighted by Gasteiger charge is 2.41. The van der Waals surface area contributed by atoms with Crippen molar-refractivity contribution < 1.29 is 14.3 Å². The molecule has 0 saturated carbocycles. The van der Waals surface area contributed by atoms with E-state index in [4.69, 9.17) is 4.74 Å². The van der Waals surface area contributed by atoms with Gasteiger partial charge in [0.1, 0.15) is 0 Å². The Morgan fingerprint density at radius 3 is 2.32 bits per heavy atom. The van der Waals surface area contributed by atoms with Crippen LogP contribution in [0.3, 0.4) is 0 Å². The number of likely N-dealkylation sites (tertiary alicyclic amines) is 1. The molecule has 2 aliphatic heterocycles. The number of amides is 2. The van der Waals surface area contributed by atoms with E-state index >= 15 is 0 Å². The molecule has 136 valence electrons. The van der Waals surface area contributed by atoms with Crippen molar-refractivity contribution in [3.63, 3.8) is 0 Å². The molecule has 2 amide bonds. The largest absolute Gasteiger partial charge is 0.372 e. The van der Waals surface area contributed by atoms with E-state index in [0.717, 1.165) is 5.56 Å². The zero-order valence-corrected chi connectivity index (χ0v) is 15.6. The van der Waals surface area contributed by atoms with E-state index < -0.39 is 0 Å². The van der Waals surface area contributed by atoms with Crippen LogP contribution in [0.4, 0.5) is 0 Å². The van der Waals surface area contributed by atoms with Gasteiger partial charge in [-0.1, -0.05) is 29.8 Å². The lowest BCUT2D eigenvalue weighted by atomic mass is 9.83. The van der Waals surface area contributed by atoms with Gasteiger partial charge in [-0.25, -0.2) is 0 Å². The normalized spacial score (nSPS) is 30.5. The minimum atomic E-state index is -0.192. The van der Waals surface area contributed by atoms with Crippen LogP contribution in [0.15, 0.2) is 24.3 Å². The molecule has 1 aromatic rings. The number of rotatable bonds is 2. The van der Waals surface area contributed by atoms with Crippen molar-refractivity contribution in [1.29, 1.82) is 0 Å².